The minimum atomic E-state index is -0.0990. The van der Waals surface area contributed by atoms with E-state index in [1.165, 1.54) is 44.6 Å². The van der Waals surface area contributed by atoms with E-state index in [1.54, 1.807) is 6.07 Å². The van der Waals surface area contributed by atoms with E-state index in [0.717, 1.165) is 11.5 Å². The molecule has 18 heavy (non-hydrogen) atoms. The van der Waals surface area contributed by atoms with Crippen LogP contribution in [0.4, 0.5) is 4.39 Å². The molecule has 100 valence electrons. The van der Waals surface area contributed by atoms with Gasteiger partial charge in [0.25, 0.3) is 0 Å². The molecule has 0 amide bonds. The van der Waals surface area contributed by atoms with Crippen LogP contribution in [-0.2, 0) is 6.54 Å². The summed E-state index contributed by atoms with van der Waals surface area (Å²) in [7, 11) is 0. The van der Waals surface area contributed by atoms with Crippen LogP contribution in [0.15, 0.2) is 24.3 Å². The quantitative estimate of drug-likeness (QED) is 0.786. The summed E-state index contributed by atoms with van der Waals surface area (Å²) < 4.78 is 13.5. The first kappa shape index (κ1) is 13.5. The molecule has 0 radical (unpaired) electrons. The summed E-state index contributed by atoms with van der Waals surface area (Å²) in [6.07, 6.45) is 8.14. The lowest BCUT2D eigenvalue weighted by Crippen LogP contribution is -2.33. The predicted molar refractivity (Wildman–Crippen MR) is 73.9 cm³/mol. The maximum Gasteiger partial charge on any atom is 0.127 e. The summed E-state index contributed by atoms with van der Waals surface area (Å²) in [5, 5.41) is 3.50. The average Bonchev–Trinajstić information content (AvgIpc) is 2.66. The van der Waals surface area contributed by atoms with E-state index in [-0.39, 0.29) is 5.82 Å². The third-order valence-electron chi connectivity index (χ3n) is 4.18. The lowest BCUT2D eigenvalue weighted by molar-refractivity contribution is 0.335. The van der Waals surface area contributed by atoms with E-state index in [9.17, 15) is 4.39 Å². The minimum Gasteiger partial charge on any atom is -0.310 e. The van der Waals surface area contributed by atoms with Crippen LogP contribution in [0.5, 0.6) is 0 Å². The van der Waals surface area contributed by atoms with Crippen LogP contribution < -0.4 is 5.32 Å². The molecule has 2 heteroatoms. The Hall–Kier alpha value is -0.890. The Balaban J connectivity index is 1.83. The van der Waals surface area contributed by atoms with Crippen LogP contribution >= 0.6 is 0 Å². The van der Waals surface area contributed by atoms with Crippen LogP contribution in [0.1, 0.15) is 51.0 Å². The number of nitrogens with one attached hydrogen (secondary N) is 1. The Morgan fingerprint density at radius 2 is 1.83 bits per heavy atom. The molecule has 0 bridgehead atoms. The Labute approximate surface area is 110 Å². The van der Waals surface area contributed by atoms with Crippen LogP contribution in [0.25, 0.3) is 0 Å². The van der Waals surface area contributed by atoms with Crippen molar-refractivity contribution in [2.75, 3.05) is 0 Å². The third-order valence-corrected chi connectivity index (χ3v) is 4.18. The van der Waals surface area contributed by atoms with Gasteiger partial charge in [0.15, 0.2) is 0 Å². The van der Waals surface area contributed by atoms with Crippen LogP contribution in [0, 0.1) is 11.7 Å². The Bertz CT molecular complexity index is 356. The van der Waals surface area contributed by atoms with E-state index in [2.05, 4.69) is 12.2 Å². The van der Waals surface area contributed by atoms with Crippen molar-refractivity contribution in [3.05, 3.63) is 35.6 Å². The van der Waals surface area contributed by atoms with Gasteiger partial charge in [0.05, 0.1) is 0 Å². The first-order valence-corrected chi connectivity index (χ1v) is 7.24. The summed E-state index contributed by atoms with van der Waals surface area (Å²) >= 11 is 0. The van der Waals surface area contributed by atoms with Crippen molar-refractivity contribution in [1.29, 1.82) is 0 Å². The number of hydrogen-bond donors (Lipinski definition) is 1. The van der Waals surface area contributed by atoms with Gasteiger partial charge in [-0.05, 0) is 31.7 Å². The van der Waals surface area contributed by atoms with Crippen molar-refractivity contribution >= 4 is 0 Å². The van der Waals surface area contributed by atoms with E-state index in [4.69, 9.17) is 0 Å². The van der Waals surface area contributed by atoms with Crippen molar-refractivity contribution in [1.82, 2.24) is 5.32 Å². The molecule has 0 spiro atoms. The fourth-order valence-electron chi connectivity index (χ4n) is 2.89. The van der Waals surface area contributed by atoms with E-state index < -0.39 is 0 Å². The van der Waals surface area contributed by atoms with Crippen molar-refractivity contribution in [2.24, 2.45) is 5.92 Å². The second kappa shape index (κ2) is 6.89. The number of rotatable bonds is 4. The molecule has 1 saturated carbocycles. The lowest BCUT2D eigenvalue weighted by Gasteiger charge is -2.23. The standard InChI is InChI=1S/C16H24FN/c1-13(14-8-4-2-3-5-9-14)18-12-15-10-6-7-11-16(15)17/h6-7,10-11,13-14,18H,2-5,8-9,12H2,1H3/t13-/m0/s1. The molecule has 0 aliphatic heterocycles. The monoisotopic (exact) mass is 249 g/mol. The summed E-state index contributed by atoms with van der Waals surface area (Å²) in [5.41, 5.74) is 0.776. The van der Waals surface area contributed by atoms with Crippen LogP contribution in [-0.4, -0.2) is 6.04 Å². The fourth-order valence-corrected chi connectivity index (χ4v) is 2.89. The molecule has 0 heterocycles. The summed E-state index contributed by atoms with van der Waals surface area (Å²) in [6.45, 7) is 2.89. The number of hydrogen-bond acceptors (Lipinski definition) is 1. The van der Waals surface area contributed by atoms with Gasteiger partial charge in [0, 0.05) is 18.2 Å². The molecule has 1 nitrogen and oxygen atoms in total. The largest absolute Gasteiger partial charge is 0.310 e. The molecule has 1 atom stereocenters. The van der Waals surface area contributed by atoms with Crippen LogP contribution in [0.3, 0.4) is 0 Å². The first-order chi connectivity index (χ1) is 8.77. The van der Waals surface area contributed by atoms with Gasteiger partial charge in [-0.2, -0.15) is 0 Å². The van der Waals surface area contributed by atoms with Gasteiger partial charge in [-0.3, -0.25) is 0 Å². The van der Waals surface area contributed by atoms with Gasteiger partial charge in [-0.15, -0.1) is 0 Å². The average molecular weight is 249 g/mol. The number of benzene rings is 1. The molecule has 0 unspecified atom stereocenters. The molecular formula is C16H24FN. The van der Waals surface area contributed by atoms with E-state index >= 15 is 0 Å². The Morgan fingerprint density at radius 1 is 1.17 bits per heavy atom. The van der Waals surface area contributed by atoms with E-state index in [0.29, 0.717) is 12.6 Å². The molecule has 0 aromatic heterocycles. The highest BCUT2D eigenvalue weighted by Crippen LogP contribution is 2.25. The maximum absolute atomic E-state index is 13.5. The van der Waals surface area contributed by atoms with Gasteiger partial charge in [0.1, 0.15) is 5.82 Å². The predicted octanol–water partition coefficient (Wildman–Crippen LogP) is 4.27. The smallest absolute Gasteiger partial charge is 0.127 e. The highest BCUT2D eigenvalue weighted by molar-refractivity contribution is 5.17. The molecule has 0 saturated heterocycles. The van der Waals surface area contributed by atoms with Gasteiger partial charge in [0.2, 0.25) is 0 Å². The summed E-state index contributed by atoms with van der Waals surface area (Å²) in [5.74, 6) is 0.664. The highest BCUT2D eigenvalue weighted by atomic mass is 19.1. The van der Waals surface area contributed by atoms with Crippen molar-refractivity contribution < 1.29 is 4.39 Å². The third kappa shape index (κ3) is 3.81. The molecule has 1 aromatic rings. The van der Waals surface area contributed by atoms with E-state index in [1.807, 2.05) is 12.1 Å². The Kier molecular flexibility index (Phi) is 5.18. The maximum atomic E-state index is 13.5. The first-order valence-electron chi connectivity index (χ1n) is 7.24. The summed E-state index contributed by atoms with van der Waals surface area (Å²) in [4.78, 5) is 0. The topological polar surface area (TPSA) is 12.0 Å². The van der Waals surface area contributed by atoms with Gasteiger partial charge in [-0.1, -0.05) is 43.9 Å². The highest BCUT2D eigenvalue weighted by Gasteiger charge is 2.18. The zero-order valence-corrected chi connectivity index (χ0v) is 11.3. The lowest BCUT2D eigenvalue weighted by atomic mass is 9.93. The zero-order chi connectivity index (χ0) is 12.8. The SMILES string of the molecule is C[C@H](NCc1ccccc1F)C1CCCCCC1. The second-order valence-electron chi connectivity index (χ2n) is 5.51. The molecule has 1 aromatic carbocycles. The van der Waals surface area contributed by atoms with Crippen molar-refractivity contribution in [3.8, 4) is 0 Å². The van der Waals surface area contributed by atoms with Gasteiger partial charge >= 0.3 is 0 Å². The molecular weight excluding hydrogens is 225 g/mol. The van der Waals surface area contributed by atoms with Crippen molar-refractivity contribution in [3.63, 3.8) is 0 Å². The molecule has 1 aliphatic rings. The van der Waals surface area contributed by atoms with Crippen molar-refractivity contribution in [2.45, 2.75) is 58.0 Å². The molecule has 1 aliphatic carbocycles. The summed E-state index contributed by atoms with van der Waals surface area (Å²) in [6, 6.07) is 7.53. The second-order valence-corrected chi connectivity index (χ2v) is 5.51. The number of halogens is 1. The molecule has 1 N–H and O–H groups in total. The molecule has 2 rings (SSSR count). The van der Waals surface area contributed by atoms with Crippen LogP contribution in [0.2, 0.25) is 0 Å². The van der Waals surface area contributed by atoms with Gasteiger partial charge < -0.3 is 5.32 Å². The molecule has 1 fully saturated rings. The zero-order valence-electron chi connectivity index (χ0n) is 11.3. The normalized spacial score (nSPS) is 19.4. The Morgan fingerprint density at radius 3 is 2.50 bits per heavy atom. The minimum absolute atomic E-state index is 0.0990. The fraction of sp³-hybridized carbons (Fsp3) is 0.625. The van der Waals surface area contributed by atoms with Gasteiger partial charge in [-0.25, -0.2) is 4.39 Å².